The summed E-state index contributed by atoms with van der Waals surface area (Å²) in [5.74, 6) is -0.135. The lowest BCUT2D eigenvalue weighted by atomic mass is 10.2. The largest absolute Gasteiger partial charge is 0.445 e. The summed E-state index contributed by atoms with van der Waals surface area (Å²) < 4.78 is 10.2. The Labute approximate surface area is 173 Å². The number of rotatable bonds is 7. The molecule has 0 atom stereocenters. The Morgan fingerprint density at radius 2 is 1.90 bits per heavy atom. The Balaban J connectivity index is 1.50. The predicted molar refractivity (Wildman–Crippen MR) is 109 cm³/mol. The Hall–Kier alpha value is -3.40. The summed E-state index contributed by atoms with van der Waals surface area (Å²) in [5, 5.41) is 2.59. The van der Waals surface area contributed by atoms with Crippen LogP contribution in [0.3, 0.4) is 0 Å². The fourth-order valence-electron chi connectivity index (χ4n) is 2.98. The van der Waals surface area contributed by atoms with E-state index in [1.54, 1.807) is 4.90 Å². The zero-order valence-corrected chi connectivity index (χ0v) is 16.8. The van der Waals surface area contributed by atoms with E-state index in [9.17, 15) is 14.4 Å². The molecule has 2 amide bonds. The molecule has 1 aromatic carbocycles. The van der Waals surface area contributed by atoms with Gasteiger partial charge in [0.15, 0.2) is 0 Å². The van der Waals surface area contributed by atoms with Gasteiger partial charge >= 0.3 is 6.09 Å². The molecule has 2 heterocycles. The number of carbonyl (C=O) groups excluding carboxylic acids is 2. The fourth-order valence-corrected chi connectivity index (χ4v) is 2.98. The van der Waals surface area contributed by atoms with Crippen LogP contribution in [0.4, 0.5) is 10.7 Å². The van der Waals surface area contributed by atoms with E-state index >= 15 is 0 Å². The maximum absolute atomic E-state index is 12.3. The molecule has 0 unspecified atom stereocenters. The van der Waals surface area contributed by atoms with Gasteiger partial charge in [-0.15, -0.1) is 0 Å². The highest BCUT2D eigenvalue weighted by Crippen LogP contribution is 2.11. The summed E-state index contributed by atoms with van der Waals surface area (Å²) in [6.45, 7) is 2.74. The van der Waals surface area contributed by atoms with Gasteiger partial charge in [0.2, 0.25) is 5.95 Å². The highest BCUT2D eigenvalue weighted by molar-refractivity contribution is 5.93. The minimum absolute atomic E-state index is 0.0574. The molecule has 0 aliphatic carbocycles. The second-order valence-electron chi connectivity index (χ2n) is 6.71. The maximum Gasteiger partial charge on any atom is 0.410 e. The van der Waals surface area contributed by atoms with Crippen molar-refractivity contribution >= 4 is 17.9 Å². The fraction of sp³-hybridized carbons (Fsp3) is 0.400. The number of aromatic amines is 1. The number of amides is 2. The van der Waals surface area contributed by atoms with Gasteiger partial charge in [0.05, 0.1) is 6.61 Å². The van der Waals surface area contributed by atoms with Gasteiger partial charge in [-0.05, 0) is 5.56 Å². The van der Waals surface area contributed by atoms with Crippen molar-refractivity contribution in [3.8, 4) is 0 Å². The summed E-state index contributed by atoms with van der Waals surface area (Å²) in [6.07, 6.45) is 0.889. The van der Waals surface area contributed by atoms with Gasteiger partial charge < -0.3 is 24.6 Å². The van der Waals surface area contributed by atoms with E-state index in [1.165, 1.54) is 13.3 Å². The van der Waals surface area contributed by atoms with Gasteiger partial charge in [-0.1, -0.05) is 30.3 Å². The average Bonchev–Trinajstić information content (AvgIpc) is 2.78. The van der Waals surface area contributed by atoms with Gasteiger partial charge in [-0.3, -0.25) is 14.6 Å². The molecule has 2 N–H and O–H groups in total. The zero-order valence-electron chi connectivity index (χ0n) is 16.8. The van der Waals surface area contributed by atoms with Crippen molar-refractivity contribution in [1.29, 1.82) is 0 Å². The first kappa shape index (κ1) is 21.3. The second-order valence-corrected chi connectivity index (χ2v) is 6.71. The van der Waals surface area contributed by atoms with Crippen molar-refractivity contribution in [1.82, 2.24) is 20.2 Å². The summed E-state index contributed by atoms with van der Waals surface area (Å²) in [5.41, 5.74) is 0.357. The Morgan fingerprint density at radius 1 is 1.17 bits per heavy atom. The van der Waals surface area contributed by atoms with Crippen LogP contribution in [0, 0.1) is 0 Å². The van der Waals surface area contributed by atoms with Crippen LogP contribution in [-0.2, 0) is 16.1 Å². The van der Waals surface area contributed by atoms with Crippen LogP contribution < -0.4 is 15.8 Å². The van der Waals surface area contributed by atoms with E-state index < -0.39 is 11.5 Å². The van der Waals surface area contributed by atoms with Crippen molar-refractivity contribution in [2.45, 2.75) is 6.61 Å². The van der Waals surface area contributed by atoms with Crippen molar-refractivity contribution < 1.29 is 19.1 Å². The molecule has 0 spiro atoms. The smallest absolute Gasteiger partial charge is 0.410 e. The van der Waals surface area contributed by atoms with Gasteiger partial charge in [0.25, 0.3) is 11.5 Å². The number of ether oxygens (including phenoxy) is 2. The minimum atomic E-state index is -0.514. The molecular weight excluding hydrogens is 390 g/mol. The normalized spacial score (nSPS) is 13.8. The summed E-state index contributed by atoms with van der Waals surface area (Å²) >= 11 is 0. The monoisotopic (exact) mass is 415 g/mol. The molecule has 3 rings (SSSR count). The highest BCUT2D eigenvalue weighted by atomic mass is 16.6. The Kier molecular flexibility index (Phi) is 7.39. The van der Waals surface area contributed by atoms with Gasteiger partial charge in [0, 0.05) is 46.0 Å². The predicted octanol–water partition coefficient (Wildman–Crippen LogP) is 0.605. The second kappa shape index (κ2) is 10.4. The number of nitrogens with one attached hydrogen (secondary N) is 2. The molecule has 10 nitrogen and oxygen atoms in total. The van der Waals surface area contributed by atoms with E-state index in [2.05, 4.69) is 15.3 Å². The SMILES string of the molecule is COCCNC(=O)c1cnc(N2CCN(C(=O)OCc3ccccc3)CC2)[nH]c1=O. The molecule has 0 saturated carbocycles. The number of methoxy groups -OCH3 is 1. The maximum atomic E-state index is 12.3. The lowest BCUT2D eigenvalue weighted by molar-refractivity contribution is 0.0928. The van der Waals surface area contributed by atoms with Crippen molar-refractivity contribution in [2.24, 2.45) is 0 Å². The topological polar surface area (TPSA) is 117 Å². The lowest BCUT2D eigenvalue weighted by Crippen LogP contribution is -2.49. The summed E-state index contributed by atoms with van der Waals surface area (Å²) in [7, 11) is 1.53. The molecule has 0 radical (unpaired) electrons. The summed E-state index contributed by atoms with van der Waals surface area (Å²) in [6, 6.07) is 9.49. The Morgan fingerprint density at radius 3 is 2.57 bits per heavy atom. The van der Waals surface area contributed by atoms with Gasteiger partial charge in [-0.25, -0.2) is 9.78 Å². The van der Waals surface area contributed by atoms with E-state index in [0.717, 1.165) is 5.56 Å². The van der Waals surface area contributed by atoms with Crippen LogP contribution in [0.2, 0.25) is 0 Å². The number of aromatic nitrogens is 2. The van der Waals surface area contributed by atoms with Gasteiger partial charge in [-0.2, -0.15) is 0 Å². The molecule has 1 fully saturated rings. The quantitative estimate of drug-likeness (QED) is 0.636. The van der Waals surface area contributed by atoms with Crippen LogP contribution in [-0.4, -0.2) is 73.3 Å². The molecule has 2 aromatic rings. The van der Waals surface area contributed by atoms with E-state index in [0.29, 0.717) is 45.3 Å². The number of anilines is 1. The first-order valence-electron chi connectivity index (χ1n) is 9.65. The lowest BCUT2D eigenvalue weighted by Gasteiger charge is -2.34. The molecule has 0 bridgehead atoms. The molecular formula is C20H25N5O5. The Bertz CT molecular complexity index is 909. The van der Waals surface area contributed by atoms with Crippen molar-refractivity contribution in [3.63, 3.8) is 0 Å². The zero-order chi connectivity index (χ0) is 21.3. The van der Waals surface area contributed by atoms with E-state index in [-0.39, 0.29) is 18.3 Å². The number of hydrogen-bond acceptors (Lipinski definition) is 7. The third-order valence-corrected chi connectivity index (χ3v) is 4.66. The number of piperazine rings is 1. The van der Waals surface area contributed by atoms with Crippen molar-refractivity contribution in [3.05, 3.63) is 58.0 Å². The molecule has 160 valence electrons. The molecule has 1 saturated heterocycles. The van der Waals surface area contributed by atoms with Crippen LogP contribution >= 0.6 is 0 Å². The third-order valence-electron chi connectivity index (χ3n) is 4.66. The molecule has 1 aromatic heterocycles. The van der Waals surface area contributed by atoms with Crippen LogP contribution in [0.5, 0.6) is 0 Å². The van der Waals surface area contributed by atoms with E-state index in [4.69, 9.17) is 9.47 Å². The van der Waals surface area contributed by atoms with E-state index in [1.807, 2.05) is 35.2 Å². The number of hydrogen-bond donors (Lipinski definition) is 2. The number of carbonyl (C=O) groups is 2. The number of nitrogens with zero attached hydrogens (tertiary/aromatic N) is 3. The van der Waals surface area contributed by atoms with Gasteiger partial charge in [0.1, 0.15) is 12.2 Å². The first-order chi connectivity index (χ1) is 14.6. The van der Waals surface area contributed by atoms with Crippen LogP contribution in [0.25, 0.3) is 0 Å². The highest BCUT2D eigenvalue weighted by Gasteiger charge is 2.24. The molecule has 10 heteroatoms. The molecule has 1 aliphatic heterocycles. The average molecular weight is 415 g/mol. The first-order valence-corrected chi connectivity index (χ1v) is 9.65. The van der Waals surface area contributed by atoms with Crippen LogP contribution in [0.1, 0.15) is 15.9 Å². The standard InChI is InChI=1S/C20H25N5O5/c1-29-12-7-21-17(26)16-13-22-19(23-18(16)27)24-8-10-25(11-9-24)20(28)30-14-15-5-3-2-4-6-15/h2-6,13H,7-12,14H2,1H3,(H,21,26)(H,22,23,27). The number of benzene rings is 1. The summed E-state index contributed by atoms with van der Waals surface area (Å²) in [4.78, 5) is 46.8. The molecule has 30 heavy (non-hydrogen) atoms. The van der Waals surface area contributed by atoms with Crippen LogP contribution in [0.15, 0.2) is 41.3 Å². The number of H-pyrrole nitrogens is 1. The van der Waals surface area contributed by atoms with Crippen molar-refractivity contribution in [2.75, 3.05) is 51.3 Å². The molecule has 1 aliphatic rings. The minimum Gasteiger partial charge on any atom is -0.445 e. The third kappa shape index (κ3) is 5.57.